The summed E-state index contributed by atoms with van der Waals surface area (Å²) in [5, 5.41) is 3.95. The third kappa shape index (κ3) is 5.70. The minimum Gasteiger partial charge on any atom is -0.497 e. The Morgan fingerprint density at radius 3 is 2.39 bits per heavy atom. The molecule has 0 bridgehead atoms. The molecule has 3 aromatic carbocycles. The maximum absolute atomic E-state index is 13.2. The van der Waals surface area contributed by atoms with Crippen molar-refractivity contribution >= 4 is 27.8 Å². The molecule has 7 nitrogen and oxygen atoms in total. The normalized spacial score (nSPS) is 11.3. The Morgan fingerprint density at radius 1 is 1.03 bits per heavy atom. The monoisotopic (exact) mass is 437 g/mol. The number of benzene rings is 3. The van der Waals surface area contributed by atoms with Crippen molar-refractivity contribution in [2.45, 2.75) is 11.8 Å². The molecule has 0 fully saturated rings. The lowest BCUT2D eigenvalue weighted by Gasteiger charge is -2.23. The second-order valence-corrected chi connectivity index (χ2v) is 8.59. The molecule has 0 atom stereocenters. The number of nitrogens with one attached hydrogen (secondary N) is 1. The van der Waals surface area contributed by atoms with Gasteiger partial charge in [0, 0.05) is 0 Å². The smallest absolute Gasteiger partial charge is 0.264 e. The number of anilines is 1. The highest BCUT2D eigenvalue weighted by atomic mass is 32.2. The Morgan fingerprint density at radius 2 is 1.74 bits per heavy atom. The Kier molecular flexibility index (Phi) is 7.04. The van der Waals surface area contributed by atoms with Crippen molar-refractivity contribution in [3.8, 4) is 5.75 Å². The molecule has 160 valence electrons. The summed E-state index contributed by atoms with van der Waals surface area (Å²) in [5.41, 5.74) is 4.62. The lowest BCUT2D eigenvalue weighted by Crippen LogP contribution is -2.39. The Labute approximate surface area is 182 Å². The number of rotatable bonds is 8. The van der Waals surface area contributed by atoms with E-state index in [9.17, 15) is 13.2 Å². The number of nitrogens with zero attached hydrogens (tertiary/aromatic N) is 2. The molecule has 31 heavy (non-hydrogen) atoms. The molecule has 3 aromatic rings. The van der Waals surface area contributed by atoms with E-state index in [1.54, 1.807) is 42.5 Å². The van der Waals surface area contributed by atoms with Gasteiger partial charge < -0.3 is 4.74 Å². The first-order chi connectivity index (χ1) is 14.9. The first kappa shape index (κ1) is 22.0. The van der Waals surface area contributed by atoms with Crippen LogP contribution < -0.4 is 14.5 Å². The number of sulfonamides is 1. The SMILES string of the molecule is COc1ccc(N(CC(=O)N/N=C\c2cccc(C)c2)S(=O)(=O)c2ccccc2)cc1. The summed E-state index contributed by atoms with van der Waals surface area (Å²) in [7, 11) is -2.45. The molecule has 0 radical (unpaired) electrons. The largest absolute Gasteiger partial charge is 0.497 e. The van der Waals surface area contributed by atoms with E-state index < -0.39 is 22.5 Å². The van der Waals surface area contributed by atoms with E-state index in [2.05, 4.69) is 10.5 Å². The standard InChI is InChI=1S/C23H23N3O4S/c1-18-7-6-8-19(15-18)16-24-25-23(27)17-26(20-11-13-21(30-2)14-12-20)31(28,29)22-9-4-3-5-10-22/h3-16H,17H2,1-2H3,(H,25,27)/b24-16-. The number of carbonyl (C=O) groups excluding carboxylic acids is 1. The number of hydrogen-bond acceptors (Lipinski definition) is 5. The second kappa shape index (κ2) is 9.90. The molecule has 0 aliphatic rings. The number of hydrogen-bond donors (Lipinski definition) is 1. The highest BCUT2D eigenvalue weighted by molar-refractivity contribution is 7.92. The minimum atomic E-state index is -3.97. The predicted molar refractivity (Wildman–Crippen MR) is 121 cm³/mol. The van der Waals surface area contributed by atoms with Crippen LogP contribution in [0.3, 0.4) is 0 Å². The zero-order valence-electron chi connectivity index (χ0n) is 17.2. The van der Waals surface area contributed by atoms with Crippen molar-refractivity contribution in [3.05, 3.63) is 90.0 Å². The Balaban J connectivity index is 1.83. The van der Waals surface area contributed by atoms with Gasteiger partial charge in [0.1, 0.15) is 12.3 Å². The summed E-state index contributed by atoms with van der Waals surface area (Å²) < 4.78 is 32.6. The van der Waals surface area contributed by atoms with Crippen molar-refractivity contribution in [3.63, 3.8) is 0 Å². The Bertz CT molecular complexity index is 1160. The number of aryl methyl sites for hydroxylation is 1. The molecule has 0 saturated carbocycles. The quantitative estimate of drug-likeness (QED) is 0.432. The molecule has 8 heteroatoms. The first-order valence-electron chi connectivity index (χ1n) is 9.50. The van der Waals surface area contributed by atoms with E-state index in [1.165, 1.54) is 25.5 Å². The molecule has 0 spiro atoms. The lowest BCUT2D eigenvalue weighted by molar-refractivity contribution is -0.119. The van der Waals surface area contributed by atoms with Crippen molar-refractivity contribution < 1.29 is 17.9 Å². The van der Waals surface area contributed by atoms with Crippen LogP contribution in [0.1, 0.15) is 11.1 Å². The van der Waals surface area contributed by atoms with Gasteiger partial charge in [0.2, 0.25) is 0 Å². The molecular weight excluding hydrogens is 414 g/mol. The summed E-state index contributed by atoms with van der Waals surface area (Å²) in [5.74, 6) is 0.00671. The van der Waals surface area contributed by atoms with Gasteiger partial charge in [0.15, 0.2) is 0 Å². The molecule has 0 aromatic heterocycles. The van der Waals surface area contributed by atoms with E-state index in [1.807, 2.05) is 31.2 Å². The molecule has 0 heterocycles. The third-order valence-electron chi connectivity index (χ3n) is 4.42. The number of hydrazone groups is 1. The van der Waals surface area contributed by atoms with Gasteiger partial charge in [-0.05, 0) is 48.9 Å². The van der Waals surface area contributed by atoms with Crippen LogP contribution in [0.15, 0.2) is 88.9 Å². The van der Waals surface area contributed by atoms with E-state index in [0.29, 0.717) is 11.4 Å². The Hall–Kier alpha value is -3.65. The lowest BCUT2D eigenvalue weighted by atomic mass is 10.2. The van der Waals surface area contributed by atoms with E-state index in [-0.39, 0.29) is 4.90 Å². The first-order valence-corrected chi connectivity index (χ1v) is 10.9. The average molecular weight is 438 g/mol. The average Bonchev–Trinajstić information content (AvgIpc) is 2.78. The van der Waals surface area contributed by atoms with E-state index in [4.69, 9.17) is 4.74 Å². The van der Waals surface area contributed by atoms with Crippen molar-refractivity contribution in [2.24, 2.45) is 5.10 Å². The van der Waals surface area contributed by atoms with Gasteiger partial charge in [-0.2, -0.15) is 5.10 Å². The van der Waals surface area contributed by atoms with Crippen molar-refractivity contribution in [1.29, 1.82) is 0 Å². The topological polar surface area (TPSA) is 88.1 Å². The van der Waals surface area contributed by atoms with Crippen molar-refractivity contribution in [2.75, 3.05) is 18.0 Å². The van der Waals surface area contributed by atoms with E-state index >= 15 is 0 Å². The summed E-state index contributed by atoms with van der Waals surface area (Å²) >= 11 is 0. The van der Waals surface area contributed by atoms with E-state index in [0.717, 1.165) is 15.4 Å². The van der Waals surface area contributed by atoms with Crippen LogP contribution in [-0.4, -0.2) is 34.2 Å². The minimum absolute atomic E-state index is 0.0851. The summed E-state index contributed by atoms with van der Waals surface area (Å²) in [6.07, 6.45) is 1.51. The zero-order chi connectivity index (χ0) is 22.3. The fraction of sp³-hybridized carbons (Fsp3) is 0.130. The van der Waals surface area contributed by atoms with Crippen LogP contribution in [0.2, 0.25) is 0 Å². The van der Waals surface area contributed by atoms with Crippen LogP contribution >= 0.6 is 0 Å². The molecule has 0 aliphatic carbocycles. The highest BCUT2D eigenvalue weighted by Gasteiger charge is 2.27. The molecule has 3 rings (SSSR count). The molecule has 0 unspecified atom stereocenters. The van der Waals surface area contributed by atoms with Gasteiger partial charge in [-0.25, -0.2) is 13.8 Å². The fourth-order valence-electron chi connectivity index (χ4n) is 2.88. The fourth-order valence-corrected chi connectivity index (χ4v) is 4.32. The van der Waals surface area contributed by atoms with Gasteiger partial charge in [-0.3, -0.25) is 9.10 Å². The molecule has 1 amide bonds. The maximum atomic E-state index is 13.2. The van der Waals surface area contributed by atoms with Gasteiger partial charge in [-0.1, -0.05) is 48.0 Å². The summed E-state index contributed by atoms with van der Waals surface area (Å²) in [6, 6.07) is 22.0. The summed E-state index contributed by atoms with van der Waals surface area (Å²) in [6.45, 7) is 1.52. The molecular formula is C23H23N3O4S. The van der Waals surface area contributed by atoms with Crippen LogP contribution in [0.5, 0.6) is 5.75 Å². The number of ether oxygens (including phenoxy) is 1. The molecule has 0 saturated heterocycles. The van der Waals surface area contributed by atoms with Crippen LogP contribution in [0.4, 0.5) is 5.69 Å². The molecule has 0 aliphatic heterocycles. The predicted octanol–water partition coefficient (Wildman–Crippen LogP) is 3.35. The van der Waals surface area contributed by atoms with Crippen LogP contribution in [0, 0.1) is 6.92 Å². The zero-order valence-corrected chi connectivity index (χ0v) is 18.0. The van der Waals surface area contributed by atoms with Gasteiger partial charge in [0.05, 0.1) is 23.9 Å². The van der Waals surface area contributed by atoms with Crippen LogP contribution in [-0.2, 0) is 14.8 Å². The highest BCUT2D eigenvalue weighted by Crippen LogP contribution is 2.25. The van der Waals surface area contributed by atoms with Gasteiger partial charge in [-0.15, -0.1) is 0 Å². The third-order valence-corrected chi connectivity index (χ3v) is 6.21. The van der Waals surface area contributed by atoms with Gasteiger partial charge in [0.25, 0.3) is 15.9 Å². The molecule has 1 N–H and O–H groups in total. The van der Waals surface area contributed by atoms with Crippen LogP contribution in [0.25, 0.3) is 0 Å². The van der Waals surface area contributed by atoms with Gasteiger partial charge >= 0.3 is 0 Å². The number of carbonyl (C=O) groups is 1. The maximum Gasteiger partial charge on any atom is 0.264 e. The number of amides is 1. The summed E-state index contributed by atoms with van der Waals surface area (Å²) in [4.78, 5) is 12.6. The van der Waals surface area contributed by atoms with Crippen molar-refractivity contribution in [1.82, 2.24) is 5.43 Å². The second-order valence-electron chi connectivity index (χ2n) is 6.73. The number of methoxy groups -OCH3 is 1.